The smallest absolute Gasteiger partial charge is 0.331 e. The Kier molecular flexibility index (Phi) is 6.06. The fourth-order valence-electron chi connectivity index (χ4n) is 2.03. The average Bonchev–Trinajstić information content (AvgIpc) is 2.84. The summed E-state index contributed by atoms with van der Waals surface area (Å²) >= 11 is 1.78. The van der Waals surface area contributed by atoms with Crippen molar-refractivity contribution in [2.45, 2.75) is 44.4 Å². The van der Waals surface area contributed by atoms with Gasteiger partial charge >= 0.3 is 12.0 Å². The summed E-state index contributed by atoms with van der Waals surface area (Å²) in [5.41, 5.74) is -0.0420. The summed E-state index contributed by atoms with van der Waals surface area (Å²) in [5.74, 6) is -1.85. The van der Waals surface area contributed by atoms with E-state index in [0.29, 0.717) is 5.25 Å². The molecule has 0 bridgehead atoms. The van der Waals surface area contributed by atoms with Crippen LogP contribution >= 0.6 is 11.8 Å². The molecule has 2 unspecified atom stereocenters. The van der Waals surface area contributed by atoms with Gasteiger partial charge in [-0.2, -0.15) is 11.8 Å². The second kappa shape index (κ2) is 7.33. The van der Waals surface area contributed by atoms with E-state index in [1.807, 2.05) is 6.26 Å². The molecule has 0 heterocycles. The van der Waals surface area contributed by atoms with E-state index >= 15 is 0 Å². The topological polar surface area (TPSA) is 95.5 Å². The molecular weight excluding hydrogens is 280 g/mol. The Hall–Kier alpha value is -1.50. The molecule has 3 N–H and O–H groups in total. The standard InChI is InChI=1S/C13H20N2O4S/c1-7(8(2)12(17)18)11(16)15-13(19)14-9-4-5-10(6-9)20-3/h9-10H,4-6H2,1-3H3,(H,17,18)(H2,14,15,16,19). The van der Waals surface area contributed by atoms with Crippen molar-refractivity contribution in [2.24, 2.45) is 0 Å². The van der Waals surface area contributed by atoms with Gasteiger partial charge in [0, 0.05) is 22.4 Å². The van der Waals surface area contributed by atoms with Crippen LogP contribution in [-0.2, 0) is 9.59 Å². The van der Waals surface area contributed by atoms with Crippen LogP contribution in [0.15, 0.2) is 11.1 Å². The molecule has 3 amide bonds. The number of aliphatic carboxylic acids is 1. The van der Waals surface area contributed by atoms with Crippen molar-refractivity contribution in [1.29, 1.82) is 0 Å². The monoisotopic (exact) mass is 300 g/mol. The highest BCUT2D eigenvalue weighted by molar-refractivity contribution is 7.99. The molecule has 6 nitrogen and oxygen atoms in total. The minimum atomic E-state index is -1.17. The molecular formula is C13H20N2O4S. The number of carboxylic acid groups (broad SMARTS) is 1. The first-order valence-electron chi connectivity index (χ1n) is 6.40. The van der Waals surface area contributed by atoms with E-state index in [2.05, 4.69) is 10.6 Å². The van der Waals surface area contributed by atoms with E-state index in [0.717, 1.165) is 19.3 Å². The first kappa shape index (κ1) is 16.6. The molecule has 1 aliphatic carbocycles. The number of hydrogen-bond acceptors (Lipinski definition) is 4. The van der Waals surface area contributed by atoms with Crippen LogP contribution in [0, 0.1) is 0 Å². The summed E-state index contributed by atoms with van der Waals surface area (Å²) in [5, 5.41) is 14.2. The highest BCUT2D eigenvalue weighted by Crippen LogP contribution is 2.27. The molecule has 7 heteroatoms. The van der Waals surface area contributed by atoms with Gasteiger partial charge in [-0.25, -0.2) is 9.59 Å². The Morgan fingerprint density at radius 1 is 1.15 bits per heavy atom. The quantitative estimate of drug-likeness (QED) is 0.684. The normalized spacial score (nSPS) is 22.9. The SMILES string of the molecule is CSC1CCC(NC(=O)NC(=O)C(C)=C(C)C(=O)O)C1. The Morgan fingerprint density at radius 3 is 2.30 bits per heavy atom. The zero-order chi connectivity index (χ0) is 15.3. The maximum atomic E-state index is 11.7. The van der Waals surface area contributed by atoms with Crippen LogP contribution in [0.25, 0.3) is 0 Å². The molecule has 1 fully saturated rings. The second-order valence-corrected chi connectivity index (χ2v) is 5.99. The number of rotatable bonds is 4. The van der Waals surface area contributed by atoms with Crippen molar-refractivity contribution in [3.63, 3.8) is 0 Å². The molecule has 0 aromatic heterocycles. The molecule has 1 aliphatic rings. The zero-order valence-corrected chi connectivity index (χ0v) is 12.7. The van der Waals surface area contributed by atoms with Gasteiger partial charge in [0.1, 0.15) is 0 Å². The third-order valence-corrected chi connectivity index (χ3v) is 4.60. The lowest BCUT2D eigenvalue weighted by atomic mass is 10.1. The summed E-state index contributed by atoms with van der Waals surface area (Å²) in [7, 11) is 0. The predicted octanol–water partition coefficient (Wildman–Crippen LogP) is 1.52. The van der Waals surface area contributed by atoms with Gasteiger partial charge in [-0.3, -0.25) is 10.1 Å². The predicted molar refractivity (Wildman–Crippen MR) is 77.6 cm³/mol. The molecule has 2 atom stereocenters. The molecule has 0 saturated heterocycles. The highest BCUT2D eigenvalue weighted by atomic mass is 32.2. The Bertz CT molecular complexity index is 448. The number of thioether (sulfide) groups is 1. The molecule has 0 radical (unpaired) electrons. The summed E-state index contributed by atoms with van der Waals surface area (Å²) in [6, 6.07) is -0.496. The van der Waals surface area contributed by atoms with Gasteiger partial charge in [-0.05, 0) is 39.4 Å². The van der Waals surface area contributed by atoms with Crippen molar-refractivity contribution in [2.75, 3.05) is 6.26 Å². The van der Waals surface area contributed by atoms with Crippen LogP contribution < -0.4 is 10.6 Å². The maximum absolute atomic E-state index is 11.7. The molecule has 0 aromatic carbocycles. The van der Waals surface area contributed by atoms with Crippen molar-refractivity contribution < 1.29 is 19.5 Å². The lowest BCUT2D eigenvalue weighted by Gasteiger charge is -2.13. The lowest BCUT2D eigenvalue weighted by Crippen LogP contribution is -2.44. The van der Waals surface area contributed by atoms with Gasteiger partial charge in [0.15, 0.2) is 0 Å². The van der Waals surface area contributed by atoms with Crippen LogP contribution in [-0.4, -0.2) is 40.6 Å². The third kappa shape index (κ3) is 4.56. The number of urea groups is 1. The fourth-order valence-corrected chi connectivity index (χ4v) is 2.83. The molecule has 112 valence electrons. The van der Waals surface area contributed by atoms with Crippen LogP contribution in [0.2, 0.25) is 0 Å². The summed E-state index contributed by atoms with van der Waals surface area (Å²) in [6.07, 6.45) is 4.89. The molecule has 20 heavy (non-hydrogen) atoms. The van der Waals surface area contributed by atoms with Gasteiger partial charge in [-0.1, -0.05) is 0 Å². The van der Waals surface area contributed by atoms with Crippen LogP contribution in [0.1, 0.15) is 33.1 Å². The number of imide groups is 1. The van der Waals surface area contributed by atoms with E-state index in [4.69, 9.17) is 5.11 Å². The Morgan fingerprint density at radius 2 is 1.80 bits per heavy atom. The Labute approximate surface area is 122 Å². The van der Waals surface area contributed by atoms with Crippen LogP contribution in [0.3, 0.4) is 0 Å². The van der Waals surface area contributed by atoms with E-state index in [1.54, 1.807) is 11.8 Å². The van der Waals surface area contributed by atoms with E-state index in [1.165, 1.54) is 13.8 Å². The van der Waals surface area contributed by atoms with Gasteiger partial charge in [0.2, 0.25) is 0 Å². The summed E-state index contributed by atoms with van der Waals surface area (Å²) in [6.45, 7) is 2.71. The highest BCUT2D eigenvalue weighted by Gasteiger charge is 2.25. The Balaban J connectivity index is 2.49. The average molecular weight is 300 g/mol. The zero-order valence-electron chi connectivity index (χ0n) is 11.9. The van der Waals surface area contributed by atoms with Crippen molar-refractivity contribution >= 4 is 29.7 Å². The van der Waals surface area contributed by atoms with Crippen molar-refractivity contribution in [3.05, 3.63) is 11.1 Å². The van der Waals surface area contributed by atoms with Crippen LogP contribution in [0.5, 0.6) is 0 Å². The summed E-state index contributed by atoms with van der Waals surface area (Å²) < 4.78 is 0. The van der Waals surface area contributed by atoms with Crippen molar-refractivity contribution in [3.8, 4) is 0 Å². The first-order chi connectivity index (χ1) is 9.35. The van der Waals surface area contributed by atoms with E-state index in [-0.39, 0.29) is 17.2 Å². The van der Waals surface area contributed by atoms with Gasteiger partial charge in [-0.15, -0.1) is 0 Å². The number of amides is 3. The maximum Gasteiger partial charge on any atom is 0.331 e. The van der Waals surface area contributed by atoms with E-state index in [9.17, 15) is 14.4 Å². The largest absolute Gasteiger partial charge is 0.478 e. The fraction of sp³-hybridized carbons (Fsp3) is 0.615. The third-order valence-electron chi connectivity index (χ3n) is 3.50. The van der Waals surface area contributed by atoms with Gasteiger partial charge in [0.25, 0.3) is 5.91 Å². The molecule has 0 aliphatic heterocycles. The number of carboxylic acids is 1. The molecule has 1 saturated carbocycles. The second-order valence-electron chi connectivity index (χ2n) is 4.85. The first-order valence-corrected chi connectivity index (χ1v) is 7.69. The molecule has 0 aromatic rings. The summed E-state index contributed by atoms with van der Waals surface area (Å²) in [4.78, 5) is 34.1. The van der Waals surface area contributed by atoms with E-state index < -0.39 is 17.9 Å². The minimum absolute atomic E-state index is 0.0288. The lowest BCUT2D eigenvalue weighted by molar-refractivity contribution is -0.133. The van der Waals surface area contributed by atoms with Gasteiger partial charge < -0.3 is 10.4 Å². The van der Waals surface area contributed by atoms with Crippen LogP contribution in [0.4, 0.5) is 4.79 Å². The number of carbonyl (C=O) groups is 3. The molecule has 0 spiro atoms. The minimum Gasteiger partial charge on any atom is -0.478 e. The molecule has 1 rings (SSSR count). The number of nitrogens with one attached hydrogen (secondary N) is 2. The van der Waals surface area contributed by atoms with Crippen molar-refractivity contribution in [1.82, 2.24) is 10.6 Å². The number of hydrogen-bond donors (Lipinski definition) is 3. The van der Waals surface area contributed by atoms with Gasteiger partial charge in [0.05, 0.1) is 0 Å². The number of carbonyl (C=O) groups excluding carboxylic acids is 2.